The number of halogens is 1. The van der Waals surface area contributed by atoms with Crippen molar-refractivity contribution >= 4 is 38.9 Å². The van der Waals surface area contributed by atoms with Gasteiger partial charge in [-0.1, -0.05) is 17.7 Å². The molecule has 0 spiro atoms. The molecule has 1 heterocycles. The molecule has 88 valence electrons. The molecule has 0 bridgehead atoms. The summed E-state index contributed by atoms with van der Waals surface area (Å²) in [5, 5.41) is 14.4. The van der Waals surface area contributed by atoms with Gasteiger partial charge >= 0.3 is 0 Å². The highest BCUT2D eigenvalue weighted by Crippen LogP contribution is 2.36. The fraction of sp³-hybridized carbons (Fsp3) is 0.0833. The molecule has 1 atom stereocenters. The summed E-state index contributed by atoms with van der Waals surface area (Å²) in [4.78, 5) is 12.4. The van der Waals surface area contributed by atoms with Crippen molar-refractivity contribution in [1.82, 2.24) is 0 Å². The van der Waals surface area contributed by atoms with E-state index in [1.54, 1.807) is 30.3 Å². The van der Waals surface area contributed by atoms with Crippen LogP contribution in [0, 0.1) is 0 Å². The van der Waals surface area contributed by atoms with Gasteiger partial charge in [-0.15, -0.1) is 0 Å². The lowest BCUT2D eigenvalue weighted by Crippen LogP contribution is -2.37. The Morgan fingerprint density at radius 2 is 2.12 bits per heavy atom. The van der Waals surface area contributed by atoms with E-state index in [4.69, 9.17) is 11.6 Å². The highest BCUT2D eigenvalue weighted by Gasteiger charge is 2.20. The van der Waals surface area contributed by atoms with Crippen LogP contribution in [0.25, 0.3) is 0 Å². The van der Waals surface area contributed by atoms with Crippen molar-refractivity contribution in [3.8, 4) is 0 Å². The number of hydrogen-bond donors (Lipinski definition) is 0. The predicted octanol–water partition coefficient (Wildman–Crippen LogP) is 3.11. The Hall–Kier alpha value is -1.52. The maximum Gasteiger partial charge on any atom is 0.252 e. The van der Waals surface area contributed by atoms with Crippen LogP contribution in [0.3, 0.4) is 0 Å². The normalized spacial score (nSPS) is 11.3. The van der Waals surface area contributed by atoms with Gasteiger partial charge in [-0.3, -0.25) is 4.90 Å². The number of rotatable bonds is 2. The number of nitrogens with zero attached hydrogens (tertiary/aromatic N) is 1. The van der Waals surface area contributed by atoms with E-state index in [1.165, 1.54) is 0 Å². The summed E-state index contributed by atoms with van der Waals surface area (Å²) in [5.74, 6) is 0. The molecule has 0 saturated heterocycles. The molecule has 0 fully saturated rings. The van der Waals surface area contributed by atoms with E-state index in [2.05, 4.69) is 0 Å². The van der Waals surface area contributed by atoms with E-state index in [-0.39, 0.29) is 10.5 Å². The molecule has 1 aromatic heterocycles. The largest absolute Gasteiger partial charge is 0.529 e. The second kappa shape index (κ2) is 4.77. The van der Waals surface area contributed by atoms with Gasteiger partial charge < -0.3 is 9.90 Å². The van der Waals surface area contributed by atoms with Gasteiger partial charge in [0.05, 0.1) is 5.69 Å². The fourth-order valence-corrected chi connectivity index (χ4v) is 2.97. The number of carbonyl (C=O) groups is 1. The maximum atomic E-state index is 11.3. The molecule has 17 heavy (non-hydrogen) atoms. The zero-order valence-corrected chi connectivity index (χ0v) is 10.7. The number of aryl methyl sites for hydroxylation is 1. The first kappa shape index (κ1) is 12.0. The Balaban J connectivity index is 2.50. The van der Waals surface area contributed by atoms with Crippen LogP contribution >= 0.6 is 22.1 Å². The molecule has 2 rings (SSSR count). The van der Waals surface area contributed by atoms with Crippen molar-refractivity contribution in [2.75, 3.05) is 4.90 Å². The van der Waals surface area contributed by atoms with Crippen LogP contribution < -0.4 is 10.0 Å². The van der Waals surface area contributed by atoms with Gasteiger partial charge in [0, 0.05) is 11.1 Å². The van der Waals surface area contributed by atoms with E-state index >= 15 is 0 Å². The number of amides is 1. The summed E-state index contributed by atoms with van der Waals surface area (Å²) in [5.41, 5.74) is 0.506. The molecule has 0 aliphatic heterocycles. The third-order valence-corrected chi connectivity index (χ3v) is 4.10. The van der Waals surface area contributed by atoms with Crippen LogP contribution in [0.15, 0.2) is 41.8 Å². The van der Waals surface area contributed by atoms with Crippen LogP contribution in [-0.2, 0) is 6.26 Å². The van der Waals surface area contributed by atoms with Gasteiger partial charge in [-0.05, 0) is 34.7 Å². The molecule has 0 radical (unpaired) electrons. The number of carboxylic acid groups (broad SMARTS) is 1. The van der Waals surface area contributed by atoms with E-state index in [9.17, 15) is 9.90 Å². The van der Waals surface area contributed by atoms with Crippen LogP contribution in [0.2, 0.25) is 5.02 Å². The molecular weight excluding hydrogens is 258 g/mol. The van der Waals surface area contributed by atoms with E-state index in [0.717, 1.165) is 4.90 Å². The molecule has 1 unspecified atom stereocenters. The maximum absolute atomic E-state index is 11.3. The molecule has 2 aromatic rings. The molecule has 5 heteroatoms. The first-order valence-electron chi connectivity index (χ1n) is 4.89. The Bertz CT molecular complexity index is 553. The second-order valence-corrected chi connectivity index (χ2v) is 5.71. The van der Waals surface area contributed by atoms with Crippen molar-refractivity contribution in [2.24, 2.45) is 6.26 Å². The highest BCUT2D eigenvalue weighted by molar-refractivity contribution is 7.31. The Labute approximate surface area is 107 Å². The zero-order valence-electron chi connectivity index (χ0n) is 9.09. The van der Waals surface area contributed by atoms with E-state index in [0.29, 0.717) is 15.7 Å². The third kappa shape index (κ3) is 2.43. The Kier molecular flexibility index (Phi) is 3.36. The van der Waals surface area contributed by atoms with Gasteiger partial charge in [0.25, 0.3) is 5.00 Å². The zero-order chi connectivity index (χ0) is 12.4. The Morgan fingerprint density at radius 1 is 1.35 bits per heavy atom. The molecule has 0 saturated carbocycles. The molecule has 1 aromatic carbocycles. The highest BCUT2D eigenvalue weighted by atomic mass is 35.5. The topological polar surface area (TPSA) is 43.4 Å². The van der Waals surface area contributed by atoms with Crippen molar-refractivity contribution < 1.29 is 9.90 Å². The van der Waals surface area contributed by atoms with Gasteiger partial charge in [0.15, 0.2) is 0 Å². The first-order valence-corrected chi connectivity index (χ1v) is 6.97. The van der Waals surface area contributed by atoms with Gasteiger partial charge in [-0.2, -0.15) is 0 Å². The second-order valence-electron chi connectivity index (χ2n) is 3.47. The average molecular weight is 268 g/mol. The van der Waals surface area contributed by atoms with E-state index < -0.39 is 6.09 Å². The summed E-state index contributed by atoms with van der Waals surface area (Å²) in [6.45, 7) is 0. The summed E-state index contributed by atoms with van der Waals surface area (Å²) in [7, 11) is -0.226. The lowest BCUT2D eigenvalue weighted by Gasteiger charge is -2.21. The molecule has 0 aliphatic carbocycles. The standard InChI is InChI=1S/C12H10ClNO2S/c1-17-7-3-6-11(17)14(12(15)16)10-5-2-4-9(13)8-10/h2-8H,1H3. The number of thiophene rings is 1. The summed E-state index contributed by atoms with van der Waals surface area (Å²) in [6, 6.07) is 10.3. The molecule has 1 amide bonds. The Morgan fingerprint density at radius 3 is 2.65 bits per heavy atom. The van der Waals surface area contributed by atoms with Crippen LogP contribution in [0.4, 0.5) is 15.5 Å². The minimum absolute atomic E-state index is 0.226. The quantitative estimate of drug-likeness (QED) is 0.785. The predicted molar refractivity (Wildman–Crippen MR) is 68.9 cm³/mol. The van der Waals surface area contributed by atoms with Crippen LogP contribution in [0.1, 0.15) is 0 Å². The van der Waals surface area contributed by atoms with E-state index in [1.807, 2.05) is 17.7 Å². The van der Waals surface area contributed by atoms with Crippen molar-refractivity contribution in [3.63, 3.8) is 0 Å². The number of benzene rings is 1. The van der Waals surface area contributed by atoms with Crippen molar-refractivity contribution in [2.45, 2.75) is 0 Å². The lowest BCUT2D eigenvalue weighted by atomic mass is 10.3. The van der Waals surface area contributed by atoms with Gasteiger partial charge in [0.2, 0.25) is 0 Å². The first-order chi connectivity index (χ1) is 8.09. The molecule has 0 aliphatic rings. The minimum Gasteiger partial charge on any atom is -0.529 e. The molecular formula is C12H10ClNO2S. The van der Waals surface area contributed by atoms with Gasteiger partial charge in [-0.25, -0.2) is 0 Å². The third-order valence-electron chi connectivity index (χ3n) is 2.32. The summed E-state index contributed by atoms with van der Waals surface area (Å²) >= 11 is 5.86. The number of anilines is 2. The minimum atomic E-state index is -1.25. The van der Waals surface area contributed by atoms with Crippen molar-refractivity contribution in [1.29, 1.82) is 0 Å². The number of hydrogen-bond acceptors (Lipinski definition) is 2. The molecule has 3 nitrogen and oxygen atoms in total. The fourth-order valence-electron chi connectivity index (χ4n) is 1.57. The van der Waals surface area contributed by atoms with Gasteiger partial charge in [0.1, 0.15) is 17.7 Å². The average Bonchev–Trinajstić information content (AvgIpc) is 2.65. The summed E-state index contributed by atoms with van der Waals surface area (Å²) < 4.78 is 0. The van der Waals surface area contributed by atoms with Crippen LogP contribution in [-0.4, -0.2) is 6.09 Å². The smallest absolute Gasteiger partial charge is 0.252 e. The lowest BCUT2D eigenvalue weighted by molar-refractivity contribution is -0.245. The number of carbonyl (C=O) groups excluding carboxylic acids is 1. The molecule has 0 N–H and O–H groups in total. The van der Waals surface area contributed by atoms with Crippen molar-refractivity contribution in [3.05, 3.63) is 46.8 Å². The SMILES string of the molecule is C[s+]1cccc1N(C(=O)[O-])c1cccc(Cl)c1. The summed E-state index contributed by atoms with van der Waals surface area (Å²) in [6.07, 6.45) is 0.706. The van der Waals surface area contributed by atoms with Crippen LogP contribution in [0.5, 0.6) is 0 Å². The monoisotopic (exact) mass is 267 g/mol.